The number of benzene rings is 2. The molecule has 0 aromatic heterocycles. The van der Waals surface area contributed by atoms with E-state index in [1.165, 1.54) is 5.56 Å². The number of methoxy groups -OCH3 is 1. The molecule has 0 bridgehead atoms. The lowest BCUT2D eigenvalue weighted by Gasteiger charge is -2.07. The molecule has 4 nitrogen and oxygen atoms in total. The van der Waals surface area contributed by atoms with Gasteiger partial charge in [0.25, 0.3) is 0 Å². The fourth-order valence-electron chi connectivity index (χ4n) is 2.48. The van der Waals surface area contributed by atoms with Crippen molar-refractivity contribution < 1.29 is 9.53 Å². The van der Waals surface area contributed by atoms with Gasteiger partial charge in [0, 0.05) is 12.6 Å². The van der Waals surface area contributed by atoms with Crippen LogP contribution < -0.4 is 10.2 Å². The first-order chi connectivity index (χ1) is 12.2. The Hall–Kier alpha value is -2.88. The first kappa shape index (κ1) is 18.5. The molecule has 0 unspecified atom stereocenters. The van der Waals surface area contributed by atoms with Gasteiger partial charge in [0.15, 0.2) is 0 Å². The molecule has 1 N–H and O–H groups in total. The average Bonchev–Trinajstić information content (AvgIpc) is 2.62. The molecule has 0 aliphatic carbocycles. The Morgan fingerprint density at radius 1 is 1.20 bits per heavy atom. The minimum absolute atomic E-state index is 0.0744. The summed E-state index contributed by atoms with van der Waals surface area (Å²) >= 11 is 0. The second-order valence-electron chi connectivity index (χ2n) is 5.74. The van der Waals surface area contributed by atoms with Gasteiger partial charge in [-0.2, -0.15) is 5.10 Å². The zero-order valence-corrected chi connectivity index (χ0v) is 14.7. The standard InChI is InChI=1S/C21H24N2O2/c1-17-16-19(13-14-20(17)25-2)10-6-12-21(24)23-22-15-7-11-18-8-4-3-5-9-18/h3-5,7-9,11,13-16H,6,10,12H2,1-2H3,(H,23,24)/b11-7+,22-15?. The number of aryl methyl sites for hydroxylation is 2. The lowest BCUT2D eigenvalue weighted by molar-refractivity contribution is -0.121. The average molecular weight is 336 g/mol. The van der Waals surface area contributed by atoms with E-state index >= 15 is 0 Å². The van der Waals surface area contributed by atoms with Gasteiger partial charge in [0.05, 0.1) is 7.11 Å². The van der Waals surface area contributed by atoms with Gasteiger partial charge in [-0.05, 0) is 48.6 Å². The van der Waals surface area contributed by atoms with Gasteiger partial charge < -0.3 is 4.74 Å². The van der Waals surface area contributed by atoms with E-state index < -0.39 is 0 Å². The Kier molecular flexibility index (Phi) is 7.44. The maximum atomic E-state index is 11.8. The number of hydrogen-bond acceptors (Lipinski definition) is 3. The number of rotatable bonds is 8. The molecule has 130 valence electrons. The van der Waals surface area contributed by atoms with Crippen LogP contribution >= 0.6 is 0 Å². The van der Waals surface area contributed by atoms with E-state index in [0.29, 0.717) is 6.42 Å². The monoisotopic (exact) mass is 336 g/mol. The zero-order chi connectivity index (χ0) is 17.9. The van der Waals surface area contributed by atoms with Crippen LogP contribution in [0.4, 0.5) is 0 Å². The van der Waals surface area contributed by atoms with Crippen LogP contribution in [0.1, 0.15) is 29.5 Å². The van der Waals surface area contributed by atoms with Crippen molar-refractivity contribution in [1.82, 2.24) is 5.43 Å². The van der Waals surface area contributed by atoms with Gasteiger partial charge in [0.2, 0.25) is 5.91 Å². The summed E-state index contributed by atoms with van der Waals surface area (Å²) in [7, 11) is 1.67. The summed E-state index contributed by atoms with van der Waals surface area (Å²) in [6, 6.07) is 16.0. The lowest BCUT2D eigenvalue weighted by atomic mass is 10.1. The summed E-state index contributed by atoms with van der Waals surface area (Å²) in [5, 5.41) is 3.92. The third-order valence-electron chi connectivity index (χ3n) is 3.77. The minimum atomic E-state index is -0.0744. The highest BCUT2D eigenvalue weighted by Crippen LogP contribution is 2.19. The molecule has 0 fully saturated rings. The SMILES string of the molecule is COc1ccc(CCCC(=O)NN=C/C=C/c2ccccc2)cc1C. The summed E-state index contributed by atoms with van der Waals surface area (Å²) in [6.45, 7) is 2.02. The lowest BCUT2D eigenvalue weighted by Crippen LogP contribution is -2.16. The molecule has 0 atom stereocenters. The number of allylic oxidation sites excluding steroid dienone is 1. The van der Waals surface area contributed by atoms with E-state index in [9.17, 15) is 4.79 Å². The number of hydrogen-bond donors (Lipinski definition) is 1. The maximum Gasteiger partial charge on any atom is 0.240 e. The van der Waals surface area contributed by atoms with Gasteiger partial charge in [-0.3, -0.25) is 4.79 Å². The molecule has 0 aliphatic heterocycles. The summed E-state index contributed by atoms with van der Waals surface area (Å²) in [6.07, 6.45) is 7.41. The van der Waals surface area contributed by atoms with E-state index in [2.05, 4.69) is 16.6 Å². The van der Waals surface area contributed by atoms with E-state index in [1.807, 2.05) is 55.5 Å². The van der Waals surface area contributed by atoms with Gasteiger partial charge in [0.1, 0.15) is 5.75 Å². The van der Waals surface area contributed by atoms with Crippen LogP contribution in [0.5, 0.6) is 5.75 Å². The number of nitrogens with one attached hydrogen (secondary N) is 1. The van der Waals surface area contributed by atoms with Crippen molar-refractivity contribution in [1.29, 1.82) is 0 Å². The Morgan fingerprint density at radius 3 is 2.72 bits per heavy atom. The molecule has 0 spiro atoms. The van der Waals surface area contributed by atoms with Crippen molar-refractivity contribution in [2.24, 2.45) is 5.10 Å². The normalized spacial score (nSPS) is 11.1. The number of ether oxygens (including phenoxy) is 1. The van der Waals surface area contributed by atoms with Crippen LogP contribution in [-0.4, -0.2) is 19.2 Å². The summed E-state index contributed by atoms with van der Waals surface area (Å²) < 4.78 is 5.25. The molecule has 25 heavy (non-hydrogen) atoms. The Balaban J connectivity index is 1.68. The molecule has 0 aliphatic rings. The second-order valence-corrected chi connectivity index (χ2v) is 5.74. The summed E-state index contributed by atoms with van der Waals surface area (Å²) in [4.78, 5) is 11.8. The van der Waals surface area contributed by atoms with E-state index in [-0.39, 0.29) is 5.91 Å². The molecule has 2 aromatic rings. The van der Waals surface area contributed by atoms with Crippen LogP contribution in [0.3, 0.4) is 0 Å². The first-order valence-electron chi connectivity index (χ1n) is 8.36. The predicted molar refractivity (Wildman–Crippen MR) is 103 cm³/mol. The predicted octanol–water partition coefficient (Wildman–Crippen LogP) is 4.14. The number of carbonyl (C=O) groups excluding carboxylic acids is 1. The first-order valence-corrected chi connectivity index (χ1v) is 8.36. The van der Waals surface area contributed by atoms with Crippen molar-refractivity contribution >= 4 is 18.2 Å². The van der Waals surface area contributed by atoms with Crippen LogP contribution in [0.15, 0.2) is 59.7 Å². The third-order valence-corrected chi connectivity index (χ3v) is 3.77. The Morgan fingerprint density at radius 2 is 2.00 bits per heavy atom. The van der Waals surface area contributed by atoms with Crippen molar-refractivity contribution in [3.8, 4) is 5.75 Å². The second kappa shape index (κ2) is 10.1. The van der Waals surface area contributed by atoms with Gasteiger partial charge in [-0.15, -0.1) is 0 Å². The van der Waals surface area contributed by atoms with Crippen molar-refractivity contribution in [3.63, 3.8) is 0 Å². The molecular formula is C21H24N2O2. The van der Waals surface area contributed by atoms with Crippen LogP contribution in [-0.2, 0) is 11.2 Å². The molecule has 1 amide bonds. The molecule has 0 radical (unpaired) electrons. The van der Waals surface area contributed by atoms with Crippen LogP contribution in [0.2, 0.25) is 0 Å². The van der Waals surface area contributed by atoms with Crippen LogP contribution in [0.25, 0.3) is 6.08 Å². The number of nitrogens with zero attached hydrogens (tertiary/aromatic N) is 1. The Labute approximate surface area is 149 Å². The maximum absolute atomic E-state index is 11.8. The Bertz CT molecular complexity index is 737. The molecule has 2 rings (SSSR count). The molecule has 2 aromatic carbocycles. The van der Waals surface area contributed by atoms with Gasteiger partial charge in [-0.1, -0.05) is 48.5 Å². The highest BCUT2D eigenvalue weighted by molar-refractivity contribution is 5.81. The fraction of sp³-hybridized carbons (Fsp3) is 0.238. The molecule has 0 heterocycles. The van der Waals surface area contributed by atoms with Crippen molar-refractivity contribution in [2.45, 2.75) is 26.2 Å². The fourth-order valence-corrected chi connectivity index (χ4v) is 2.48. The zero-order valence-electron chi connectivity index (χ0n) is 14.7. The summed E-state index contributed by atoms with van der Waals surface area (Å²) in [5.74, 6) is 0.814. The molecule has 0 saturated carbocycles. The molecule has 4 heteroatoms. The third kappa shape index (κ3) is 6.63. The smallest absolute Gasteiger partial charge is 0.240 e. The van der Waals surface area contributed by atoms with E-state index in [4.69, 9.17) is 4.74 Å². The largest absolute Gasteiger partial charge is 0.496 e. The highest BCUT2D eigenvalue weighted by Gasteiger charge is 2.02. The number of amides is 1. The van der Waals surface area contributed by atoms with Crippen LogP contribution in [0, 0.1) is 6.92 Å². The van der Waals surface area contributed by atoms with E-state index in [0.717, 1.165) is 29.7 Å². The van der Waals surface area contributed by atoms with Gasteiger partial charge in [-0.25, -0.2) is 5.43 Å². The topological polar surface area (TPSA) is 50.7 Å². The van der Waals surface area contributed by atoms with Gasteiger partial charge >= 0.3 is 0 Å². The summed E-state index contributed by atoms with van der Waals surface area (Å²) in [5.41, 5.74) is 5.96. The molecular weight excluding hydrogens is 312 g/mol. The molecule has 0 saturated heterocycles. The van der Waals surface area contributed by atoms with Crippen molar-refractivity contribution in [3.05, 3.63) is 71.3 Å². The minimum Gasteiger partial charge on any atom is -0.496 e. The van der Waals surface area contributed by atoms with Crippen molar-refractivity contribution in [2.75, 3.05) is 7.11 Å². The van der Waals surface area contributed by atoms with E-state index in [1.54, 1.807) is 19.4 Å². The number of hydrazone groups is 1. The number of carbonyl (C=O) groups is 1. The quantitative estimate of drug-likeness (QED) is 0.582. The highest BCUT2D eigenvalue weighted by atomic mass is 16.5.